The van der Waals surface area contributed by atoms with Gasteiger partial charge in [-0.25, -0.2) is 0 Å². The molecular weight excluding hydrogens is 170 g/mol. The summed E-state index contributed by atoms with van der Waals surface area (Å²) in [4.78, 5) is 0. The van der Waals surface area contributed by atoms with Crippen LogP contribution in [0.2, 0.25) is 0 Å². The predicted octanol–water partition coefficient (Wildman–Crippen LogP) is 3.22. The van der Waals surface area contributed by atoms with Gasteiger partial charge in [-0.3, -0.25) is 0 Å². The van der Waals surface area contributed by atoms with Crippen LogP contribution in [0.15, 0.2) is 36.4 Å². The monoisotopic (exact) mass is 189 g/mol. The van der Waals surface area contributed by atoms with E-state index in [-0.39, 0.29) is 0 Å². The third-order valence-electron chi connectivity index (χ3n) is 2.43. The van der Waals surface area contributed by atoms with Gasteiger partial charge in [-0.05, 0) is 31.9 Å². The Morgan fingerprint density at radius 3 is 2.71 bits per heavy atom. The fourth-order valence-corrected chi connectivity index (χ4v) is 1.55. The van der Waals surface area contributed by atoms with Crippen LogP contribution in [0.1, 0.15) is 31.0 Å². The molecule has 1 aromatic carbocycles. The van der Waals surface area contributed by atoms with Crippen LogP contribution >= 0.6 is 0 Å². The van der Waals surface area contributed by atoms with E-state index in [1.54, 1.807) is 0 Å². The van der Waals surface area contributed by atoms with Gasteiger partial charge in [-0.15, -0.1) is 0 Å². The van der Waals surface area contributed by atoms with E-state index in [1.165, 1.54) is 11.1 Å². The lowest BCUT2D eigenvalue weighted by Gasteiger charge is -2.15. The van der Waals surface area contributed by atoms with E-state index in [2.05, 4.69) is 55.6 Å². The number of rotatable bonds is 4. The molecule has 0 bridgehead atoms. The molecule has 0 saturated heterocycles. The second-order valence-electron chi connectivity index (χ2n) is 3.56. The molecule has 0 fully saturated rings. The molecule has 1 aromatic rings. The van der Waals surface area contributed by atoms with Crippen LogP contribution in [0, 0.1) is 6.92 Å². The number of hydrogen-bond donors (Lipinski definition) is 1. The quantitative estimate of drug-likeness (QED) is 0.717. The minimum Gasteiger partial charge on any atom is -0.307 e. The van der Waals surface area contributed by atoms with Gasteiger partial charge in [0.15, 0.2) is 0 Å². The summed E-state index contributed by atoms with van der Waals surface area (Å²) >= 11 is 0. The van der Waals surface area contributed by atoms with Gasteiger partial charge in [0.2, 0.25) is 0 Å². The lowest BCUT2D eigenvalue weighted by molar-refractivity contribution is 0.614. The lowest BCUT2D eigenvalue weighted by atomic mass is 10.0. The first-order valence-electron chi connectivity index (χ1n) is 5.15. The molecule has 0 aliphatic rings. The molecule has 1 atom stereocenters. The van der Waals surface area contributed by atoms with Crippen molar-refractivity contribution < 1.29 is 0 Å². The zero-order chi connectivity index (χ0) is 10.4. The molecule has 0 unspecified atom stereocenters. The molecule has 1 heteroatoms. The van der Waals surface area contributed by atoms with Gasteiger partial charge in [0.25, 0.3) is 0 Å². The molecule has 0 heterocycles. The normalized spacial score (nSPS) is 13.4. The summed E-state index contributed by atoms with van der Waals surface area (Å²) in [6.07, 6.45) is 4.20. The number of allylic oxidation sites excluding steroid dienone is 1. The van der Waals surface area contributed by atoms with Gasteiger partial charge in [0, 0.05) is 12.6 Å². The highest BCUT2D eigenvalue weighted by Crippen LogP contribution is 2.15. The molecule has 0 spiro atoms. The maximum Gasteiger partial charge on any atom is 0.0297 e. The van der Waals surface area contributed by atoms with Gasteiger partial charge >= 0.3 is 0 Å². The van der Waals surface area contributed by atoms with Crippen LogP contribution in [-0.4, -0.2) is 6.54 Å². The van der Waals surface area contributed by atoms with Crippen molar-refractivity contribution in [2.24, 2.45) is 0 Å². The molecule has 1 nitrogen and oxygen atoms in total. The predicted molar refractivity (Wildman–Crippen MR) is 62.4 cm³/mol. The van der Waals surface area contributed by atoms with Crippen molar-refractivity contribution in [3.05, 3.63) is 47.5 Å². The molecule has 1 rings (SSSR count). The molecule has 0 amide bonds. The lowest BCUT2D eigenvalue weighted by Crippen LogP contribution is -2.19. The van der Waals surface area contributed by atoms with Crippen LogP contribution in [0.5, 0.6) is 0 Å². The Hall–Kier alpha value is -1.08. The Balaban J connectivity index is 2.60. The fraction of sp³-hybridized carbons (Fsp3) is 0.385. The summed E-state index contributed by atoms with van der Waals surface area (Å²) < 4.78 is 0. The molecule has 14 heavy (non-hydrogen) atoms. The Bertz CT molecular complexity index is 302. The fourth-order valence-electron chi connectivity index (χ4n) is 1.55. The second kappa shape index (κ2) is 5.61. The Morgan fingerprint density at radius 2 is 2.07 bits per heavy atom. The number of nitrogens with one attached hydrogen (secondary N) is 1. The first-order chi connectivity index (χ1) is 6.75. The molecule has 0 aromatic heterocycles. The summed E-state index contributed by atoms with van der Waals surface area (Å²) in [5.41, 5.74) is 2.74. The summed E-state index contributed by atoms with van der Waals surface area (Å²) in [5.74, 6) is 0. The summed E-state index contributed by atoms with van der Waals surface area (Å²) in [5, 5.41) is 3.45. The molecular formula is C13H19N. The number of aryl methyl sites for hydroxylation is 1. The first-order valence-corrected chi connectivity index (χ1v) is 5.15. The third-order valence-corrected chi connectivity index (χ3v) is 2.43. The first kappa shape index (κ1) is 11.0. The van der Waals surface area contributed by atoms with Crippen LogP contribution in [0.4, 0.5) is 0 Å². The smallest absolute Gasteiger partial charge is 0.0297 e. The molecule has 0 aliphatic heterocycles. The van der Waals surface area contributed by atoms with Crippen molar-refractivity contribution >= 4 is 0 Å². The van der Waals surface area contributed by atoms with Crippen molar-refractivity contribution in [3.63, 3.8) is 0 Å². The maximum atomic E-state index is 3.45. The van der Waals surface area contributed by atoms with Crippen LogP contribution < -0.4 is 5.32 Å². The van der Waals surface area contributed by atoms with Gasteiger partial charge in [0.1, 0.15) is 0 Å². The van der Waals surface area contributed by atoms with Crippen molar-refractivity contribution in [3.8, 4) is 0 Å². The van der Waals surface area contributed by atoms with Crippen LogP contribution in [0.25, 0.3) is 0 Å². The van der Waals surface area contributed by atoms with Crippen molar-refractivity contribution in [1.29, 1.82) is 0 Å². The van der Waals surface area contributed by atoms with Crippen LogP contribution in [0.3, 0.4) is 0 Å². The molecule has 76 valence electrons. The summed E-state index contributed by atoms with van der Waals surface area (Å²) in [6.45, 7) is 7.33. The third kappa shape index (κ3) is 3.00. The molecule has 0 radical (unpaired) electrons. The largest absolute Gasteiger partial charge is 0.307 e. The maximum absolute atomic E-state index is 3.45. The molecule has 0 saturated carbocycles. The highest BCUT2D eigenvalue weighted by molar-refractivity contribution is 5.28. The Morgan fingerprint density at radius 1 is 1.36 bits per heavy atom. The van der Waals surface area contributed by atoms with E-state index in [0.717, 1.165) is 6.54 Å². The van der Waals surface area contributed by atoms with E-state index in [4.69, 9.17) is 0 Å². The van der Waals surface area contributed by atoms with E-state index in [9.17, 15) is 0 Å². The van der Waals surface area contributed by atoms with Gasteiger partial charge in [-0.1, -0.05) is 36.4 Å². The topological polar surface area (TPSA) is 12.0 Å². The molecule has 1 N–H and O–H groups in total. The highest BCUT2D eigenvalue weighted by Gasteiger charge is 2.04. The Kier molecular flexibility index (Phi) is 4.41. The highest BCUT2D eigenvalue weighted by atomic mass is 14.9. The SMILES string of the molecule is C/C=C/CN[C@@H](C)c1ccccc1C. The van der Waals surface area contributed by atoms with E-state index in [1.807, 2.05) is 6.92 Å². The van der Waals surface area contributed by atoms with Crippen LogP contribution in [-0.2, 0) is 0 Å². The summed E-state index contributed by atoms with van der Waals surface area (Å²) in [6, 6.07) is 8.94. The Labute approximate surface area is 86.8 Å². The van der Waals surface area contributed by atoms with Gasteiger partial charge in [-0.2, -0.15) is 0 Å². The van der Waals surface area contributed by atoms with E-state index < -0.39 is 0 Å². The standard InChI is InChI=1S/C13H19N/c1-4-5-10-14-12(3)13-9-7-6-8-11(13)2/h4-9,12,14H,10H2,1-3H3/b5-4+/t12-/m0/s1. The van der Waals surface area contributed by atoms with Crippen molar-refractivity contribution in [2.45, 2.75) is 26.8 Å². The second-order valence-corrected chi connectivity index (χ2v) is 3.56. The molecule has 0 aliphatic carbocycles. The van der Waals surface area contributed by atoms with Gasteiger partial charge < -0.3 is 5.32 Å². The minimum atomic E-state index is 0.424. The van der Waals surface area contributed by atoms with Crippen molar-refractivity contribution in [2.75, 3.05) is 6.54 Å². The zero-order valence-corrected chi connectivity index (χ0v) is 9.25. The number of hydrogen-bond acceptors (Lipinski definition) is 1. The van der Waals surface area contributed by atoms with Gasteiger partial charge in [0.05, 0.1) is 0 Å². The average molecular weight is 189 g/mol. The number of benzene rings is 1. The summed E-state index contributed by atoms with van der Waals surface area (Å²) in [7, 11) is 0. The van der Waals surface area contributed by atoms with E-state index >= 15 is 0 Å². The zero-order valence-electron chi connectivity index (χ0n) is 9.25. The van der Waals surface area contributed by atoms with Crippen molar-refractivity contribution in [1.82, 2.24) is 5.32 Å². The minimum absolute atomic E-state index is 0.424. The van der Waals surface area contributed by atoms with E-state index in [0.29, 0.717) is 6.04 Å². The average Bonchev–Trinajstić information content (AvgIpc) is 2.18.